The molecular formula is C27H32N2O4. The van der Waals surface area contributed by atoms with Gasteiger partial charge in [-0.15, -0.1) is 0 Å². The van der Waals surface area contributed by atoms with E-state index in [2.05, 4.69) is 4.98 Å². The number of hydrogen-bond donors (Lipinski definition) is 1. The van der Waals surface area contributed by atoms with Gasteiger partial charge in [0.15, 0.2) is 0 Å². The molecule has 2 aliphatic rings. The van der Waals surface area contributed by atoms with Crippen molar-refractivity contribution >= 4 is 17.4 Å². The predicted molar refractivity (Wildman–Crippen MR) is 127 cm³/mol. The number of aryl methyl sites for hydroxylation is 1. The molecule has 0 bridgehead atoms. The zero-order valence-electron chi connectivity index (χ0n) is 19.8. The lowest BCUT2D eigenvalue weighted by molar-refractivity contribution is -0.141. The average molecular weight is 449 g/mol. The van der Waals surface area contributed by atoms with Crippen LogP contribution in [0.25, 0.3) is 5.76 Å². The molecule has 1 saturated heterocycles. The fourth-order valence-electron chi connectivity index (χ4n) is 5.14. The van der Waals surface area contributed by atoms with Gasteiger partial charge in [-0.3, -0.25) is 14.6 Å². The zero-order valence-corrected chi connectivity index (χ0v) is 19.8. The van der Waals surface area contributed by atoms with Crippen LogP contribution in [0.2, 0.25) is 0 Å². The molecule has 6 heteroatoms. The molecule has 1 unspecified atom stereocenters. The molecular weight excluding hydrogens is 416 g/mol. The second-order valence-corrected chi connectivity index (χ2v) is 9.32. The van der Waals surface area contributed by atoms with Crippen LogP contribution in [0, 0.1) is 6.92 Å². The summed E-state index contributed by atoms with van der Waals surface area (Å²) in [7, 11) is 1.62. The third-order valence-corrected chi connectivity index (χ3v) is 6.87. The Morgan fingerprint density at radius 3 is 2.48 bits per heavy atom. The highest BCUT2D eigenvalue weighted by atomic mass is 16.5. The fourth-order valence-corrected chi connectivity index (χ4v) is 5.14. The number of ether oxygens (including phenoxy) is 1. The van der Waals surface area contributed by atoms with Gasteiger partial charge in [0.2, 0.25) is 0 Å². The van der Waals surface area contributed by atoms with E-state index in [0.29, 0.717) is 11.3 Å². The number of hydrogen-bond acceptors (Lipinski definition) is 5. The van der Waals surface area contributed by atoms with Gasteiger partial charge in [0.25, 0.3) is 11.7 Å². The van der Waals surface area contributed by atoms with Crippen LogP contribution in [0.3, 0.4) is 0 Å². The first-order valence-electron chi connectivity index (χ1n) is 11.7. The second kappa shape index (κ2) is 9.38. The molecule has 1 saturated carbocycles. The van der Waals surface area contributed by atoms with E-state index >= 15 is 0 Å². The molecule has 0 spiro atoms. The number of aromatic nitrogens is 1. The summed E-state index contributed by atoms with van der Waals surface area (Å²) in [4.78, 5) is 32.8. The highest BCUT2D eigenvalue weighted by Gasteiger charge is 2.49. The number of carbonyl (C=O) groups is 2. The van der Waals surface area contributed by atoms with Gasteiger partial charge in [-0.2, -0.15) is 0 Å². The molecule has 1 atom stereocenters. The van der Waals surface area contributed by atoms with Gasteiger partial charge in [-0.05, 0) is 61.1 Å². The number of nitrogens with zero attached hydrogens (tertiary/aromatic N) is 2. The Morgan fingerprint density at radius 1 is 1.15 bits per heavy atom. The lowest BCUT2D eigenvalue weighted by atomic mass is 9.90. The summed E-state index contributed by atoms with van der Waals surface area (Å²) in [6.07, 6.45) is 6.56. The summed E-state index contributed by atoms with van der Waals surface area (Å²) >= 11 is 0. The van der Waals surface area contributed by atoms with Crippen molar-refractivity contribution in [2.45, 2.75) is 70.9 Å². The molecule has 1 aliphatic heterocycles. The summed E-state index contributed by atoms with van der Waals surface area (Å²) < 4.78 is 5.54. The number of rotatable bonds is 5. The first-order valence-corrected chi connectivity index (χ1v) is 11.7. The van der Waals surface area contributed by atoms with Crippen LogP contribution in [-0.4, -0.2) is 39.8 Å². The van der Waals surface area contributed by atoms with E-state index in [1.807, 2.05) is 45.0 Å². The summed E-state index contributed by atoms with van der Waals surface area (Å²) in [5.74, 6) is -0.444. The van der Waals surface area contributed by atoms with Crippen LogP contribution >= 0.6 is 0 Å². The van der Waals surface area contributed by atoms with Gasteiger partial charge in [-0.1, -0.05) is 39.2 Å². The maximum Gasteiger partial charge on any atom is 0.295 e. The first kappa shape index (κ1) is 23.0. The van der Waals surface area contributed by atoms with Gasteiger partial charge in [0.1, 0.15) is 17.6 Å². The zero-order chi connectivity index (χ0) is 23.7. The number of benzene rings is 1. The van der Waals surface area contributed by atoms with E-state index in [4.69, 9.17) is 4.74 Å². The standard InChI is InChI=1S/C27H32N2O4/c1-16(2)19-15-20(17(3)14-22(19)33-4)25(30)23-24(21-12-8-9-13-28-21)29(27(32)26(23)31)18-10-6-5-7-11-18/h8-9,12-16,18,24,30H,5-7,10-11H2,1-4H3/b25-23+. The van der Waals surface area contributed by atoms with Crippen molar-refractivity contribution in [2.24, 2.45) is 0 Å². The molecule has 1 N–H and O–H groups in total. The van der Waals surface area contributed by atoms with Crippen LogP contribution in [0.1, 0.15) is 80.3 Å². The summed E-state index contributed by atoms with van der Waals surface area (Å²) in [6, 6.07) is 8.49. The predicted octanol–water partition coefficient (Wildman–Crippen LogP) is 5.28. The van der Waals surface area contributed by atoms with Crippen molar-refractivity contribution in [2.75, 3.05) is 7.11 Å². The molecule has 2 heterocycles. The molecule has 1 aromatic heterocycles. The minimum atomic E-state index is -0.696. The van der Waals surface area contributed by atoms with Crippen LogP contribution in [0.4, 0.5) is 0 Å². The lowest BCUT2D eigenvalue weighted by Gasteiger charge is -2.35. The quantitative estimate of drug-likeness (QED) is 0.383. The fraction of sp³-hybridized carbons (Fsp3) is 0.444. The summed E-state index contributed by atoms with van der Waals surface area (Å²) in [6.45, 7) is 5.97. The van der Waals surface area contributed by atoms with Gasteiger partial charge < -0.3 is 14.7 Å². The molecule has 4 rings (SSSR count). The highest BCUT2D eigenvalue weighted by Crippen LogP contribution is 2.43. The molecule has 1 aliphatic carbocycles. The number of Topliss-reactive ketones (excluding diaryl/α,β-unsaturated/α-hetero) is 1. The number of amides is 1. The van der Waals surface area contributed by atoms with Crippen molar-refractivity contribution in [3.05, 3.63) is 64.5 Å². The summed E-state index contributed by atoms with van der Waals surface area (Å²) in [5, 5.41) is 11.5. The molecule has 0 radical (unpaired) electrons. The maximum atomic E-state index is 13.3. The Balaban J connectivity index is 1.91. The molecule has 2 aromatic rings. The minimum Gasteiger partial charge on any atom is -0.507 e. The number of pyridine rings is 1. The third-order valence-electron chi connectivity index (χ3n) is 6.87. The number of aliphatic hydroxyl groups is 1. The lowest BCUT2D eigenvalue weighted by Crippen LogP contribution is -2.40. The van der Waals surface area contributed by atoms with Gasteiger partial charge >= 0.3 is 0 Å². The second-order valence-electron chi connectivity index (χ2n) is 9.32. The maximum absolute atomic E-state index is 13.3. The molecule has 174 valence electrons. The van der Waals surface area contributed by atoms with Gasteiger partial charge in [0, 0.05) is 17.8 Å². The number of carbonyl (C=O) groups excluding carboxylic acids is 2. The number of likely N-dealkylation sites (tertiary alicyclic amines) is 1. The van der Waals surface area contributed by atoms with Crippen molar-refractivity contribution in [3.63, 3.8) is 0 Å². The van der Waals surface area contributed by atoms with Crippen molar-refractivity contribution in [3.8, 4) is 5.75 Å². The topological polar surface area (TPSA) is 79.7 Å². The largest absolute Gasteiger partial charge is 0.507 e. The molecule has 6 nitrogen and oxygen atoms in total. The van der Waals surface area contributed by atoms with Crippen molar-refractivity contribution < 1.29 is 19.4 Å². The Hall–Kier alpha value is -3.15. The Bertz CT molecular complexity index is 1080. The van der Waals surface area contributed by atoms with Crippen LogP contribution in [0.5, 0.6) is 5.75 Å². The Labute approximate surface area is 195 Å². The SMILES string of the molecule is COc1cc(C)c(/C(O)=C2\C(=O)C(=O)N(C3CCCCC3)C2c2ccccn2)cc1C(C)C. The Morgan fingerprint density at radius 2 is 1.88 bits per heavy atom. The first-order chi connectivity index (χ1) is 15.8. The minimum absolute atomic E-state index is 0.0318. The van der Waals surface area contributed by atoms with Crippen LogP contribution < -0.4 is 4.74 Å². The third kappa shape index (κ3) is 4.14. The number of ketones is 1. The Kier molecular flexibility index (Phi) is 6.54. The molecule has 1 aromatic carbocycles. The van der Waals surface area contributed by atoms with E-state index in [0.717, 1.165) is 49.0 Å². The highest BCUT2D eigenvalue weighted by molar-refractivity contribution is 6.46. The number of aliphatic hydroxyl groups excluding tert-OH is 1. The van der Waals surface area contributed by atoms with Crippen molar-refractivity contribution in [1.29, 1.82) is 0 Å². The average Bonchev–Trinajstić information content (AvgIpc) is 3.09. The van der Waals surface area contributed by atoms with E-state index in [-0.39, 0.29) is 23.3 Å². The van der Waals surface area contributed by atoms with Crippen LogP contribution in [-0.2, 0) is 9.59 Å². The van der Waals surface area contributed by atoms with E-state index in [1.54, 1.807) is 24.3 Å². The van der Waals surface area contributed by atoms with E-state index in [1.165, 1.54) is 0 Å². The van der Waals surface area contributed by atoms with E-state index in [9.17, 15) is 14.7 Å². The summed E-state index contributed by atoms with van der Waals surface area (Å²) in [5.41, 5.74) is 2.96. The van der Waals surface area contributed by atoms with E-state index < -0.39 is 17.7 Å². The molecule has 1 amide bonds. The van der Waals surface area contributed by atoms with Gasteiger partial charge in [0.05, 0.1) is 18.4 Å². The van der Waals surface area contributed by atoms with Crippen molar-refractivity contribution in [1.82, 2.24) is 9.88 Å². The van der Waals surface area contributed by atoms with Gasteiger partial charge in [-0.25, -0.2) is 0 Å². The molecule has 2 fully saturated rings. The van der Waals surface area contributed by atoms with Crippen LogP contribution in [0.15, 0.2) is 42.1 Å². The monoisotopic (exact) mass is 448 g/mol. The smallest absolute Gasteiger partial charge is 0.295 e. The normalized spacial score (nSPS) is 21.1. The molecule has 33 heavy (non-hydrogen) atoms. The number of methoxy groups -OCH3 is 1.